The Morgan fingerprint density at radius 2 is 1.85 bits per heavy atom. The van der Waals surface area contributed by atoms with Crippen molar-refractivity contribution < 1.29 is 14.3 Å². The first-order valence-electron chi connectivity index (χ1n) is 7.34. The molecular formula is C14H27N3O3. The fraction of sp³-hybridized carbons (Fsp3) is 0.857. The summed E-state index contributed by atoms with van der Waals surface area (Å²) >= 11 is 0. The number of carbonyl (C=O) groups excluding carboxylic acids is 2. The van der Waals surface area contributed by atoms with Crippen molar-refractivity contribution in [1.29, 1.82) is 0 Å². The predicted octanol–water partition coefficient (Wildman–Crippen LogP) is 0.210. The van der Waals surface area contributed by atoms with Gasteiger partial charge in [0, 0.05) is 19.1 Å². The molecule has 6 heteroatoms. The summed E-state index contributed by atoms with van der Waals surface area (Å²) < 4.78 is 4.84. The maximum absolute atomic E-state index is 12.4. The Hall–Kier alpha value is -1.14. The van der Waals surface area contributed by atoms with E-state index in [4.69, 9.17) is 10.5 Å². The molecule has 0 heterocycles. The van der Waals surface area contributed by atoms with E-state index in [0.29, 0.717) is 6.54 Å². The molecule has 1 aliphatic rings. The average molecular weight is 285 g/mol. The topological polar surface area (TPSA) is 75.9 Å². The zero-order chi connectivity index (χ0) is 15.1. The van der Waals surface area contributed by atoms with Gasteiger partial charge in [0.05, 0.1) is 6.61 Å². The van der Waals surface area contributed by atoms with Crippen LogP contribution in [0.4, 0.5) is 0 Å². The normalized spacial score (nSPS) is 17.2. The Morgan fingerprint density at radius 3 is 2.35 bits per heavy atom. The number of nitrogens with zero attached hydrogens (tertiary/aromatic N) is 2. The van der Waals surface area contributed by atoms with Crippen molar-refractivity contribution in [2.45, 2.75) is 44.7 Å². The van der Waals surface area contributed by atoms with Gasteiger partial charge in [-0.05, 0) is 33.9 Å². The molecule has 0 spiro atoms. The summed E-state index contributed by atoms with van der Waals surface area (Å²) in [6.45, 7) is 3.30. The lowest BCUT2D eigenvalue weighted by atomic mass is 10.1. The molecule has 0 radical (unpaired) electrons. The average Bonchev–Trinajstić information content (AvgIpc) is 2.91. The van der Waals surface area contributed by atoms with E-state index in [1.807, 2.05) is 19.0 Å². The number of rotatable bonds is 7. The summed E-state index contributed by atoms with van der Waals surface area (Å²) in [4.78, 5) is 27.9. The van der Waals surface area contributed by atoms with Crippen LogP contribution in [0.3, 0.4) is 0 Å². The van der Waals surface area contributed by atoms with Gasteiger partial charge >= 0.3 is 5.97 Å². The van der Waals surface area contributed by atoms with Crippen LogP contribution < -0.4 is 5.73 Å². The van der Waals surface area contributed by atoms with Crippen LogP contribution in [0.1, 0.15) is 32.6 Å². The zero-order valence-electron chi connectivity index (χ0n) is 12.8. The molecular weight excluding hydrogens is 258 g/mol. The zero-order valence-corrected chi connectivity index (χ0v) is 12.8. The van der Waals surface area contributed by atoms with E-state index in [2.05, 4.69) is 0 Å². The maximum Gasteiger partial charge on any atom is 0.332 e. The molecule has 1 unspecified atom stereocenters. The van der Waals surface area contributed by atoms with Crippen molar-refractivity contribution >= 4 is 11.9 Å². The molecule has 1 amide bonds. The van der Waals surface area contributed by atoms with Gasteiger partial charge in [0.2, 0.25) is 0 Å². The van der Waals surface area contributed by atoms with Crippen LogP contribution in [-0.4, -0.2) is 67.6 Å². The molecule has 0 aromatic carbocycles. The molecule has 20 heavy (non-hydrogen) atoms. The summed E-state index contributed by atoms with van der Waals surface area (Å²) in [5.74, 6) is -0.942. The summed E-state index contributed by atoms with van der Waals surface area (Å²) in [6.07, 6.45) is 4.25. The molecule has 6 nitrogen and oxygen atoms in total. The lowest BCUT2D eigenvalue weighted by molar-refractivity contribution is -0.151. The molecule has 0 bridgehead atoms. The van der Waals surface area contributed by atoms with Gasteiger partial charge in [0.25, 0.3) is 5.91 Å². The van der Waals surface area contributed by atoms with Crippen molar-refractivity contribution in [3.8, 4) is 0 Å². The fourth-order valence-electron chi connectivity index (χ4n) is 2.51. The number of esters is 1. The second kappa shape index (κ2) is 8.21. The third-order valence-electron chi connectivity index (χ3n) is 3.64. The molecule has 2 N–H and O–H groups in total. The third kappa shape index (κ3) is 4.76. The molecule has 1 saturated carbocycles. The van der Waals surface area contributed by atoms with E-state index in [9.17, 15) is 9.59 Å². The number of nitrogens with two attached hydrogens (primary N) is 1. The van der Waals surface area contributed by atoms with E-state index in [-0.39, 0.29) is 18.6 Å². The monoisotopic (exact) mass is 285 g/mol. The number of amides is 1. The van der Waals surface area contributed by atoms with Crippen molar-refractivity contribution in [2.75, 3.05) is 33.8 Å². The minimum atomic E-state index is -1.20. The molecule has 1 atom stereocenters. The summed E-state index contributed by atoms with van der Waals surface area (Å²) in [5, 5.41) is 0. The van der Waals surface area contributed by atoms with Crippen LogP contribution in [0.5, 0.6) is 0 Å². The van der Waals surface area contributed by atoms with Gasteiger partial charge in [-0.1, -0.05) is 12.8 Å². The SMILES string of the molecule is CCOC(=O)C(N)C(=O)N(CCN(C)C)C1CCCC1. The quantitative estimate of drug-likeness (QED) is 0.534. The van der Waals surface area contributed by atoms with Gasteiger partial charge in [0.15, 0.2) is 6.04 Å². The van der Waals surface area contributed by atoms with Crippen LogP contribution in [0, 0.1) is 0 Å². The number of ether oxygens (including phenoxy) is 1. The van der Waals surface area contributed by atoms with Crippen LogP contribution in [0.15, 0.2) is 0 Å². The number of hydrogen-bond donors (Lipinski definition) is 1. The minimum absolute atomic E-state index is 0.211. The van der Waals surface area contributed by atoms with Gasteiger partial charge in [-0.2, -0.15) is 0 Å². The van der Waals surface area contributed by atoms with Gasteiger partial charge < -0.3 is 20.3 Å². The third-order valence-corrected chi connectivity index (χ3v) is 3.64. The van der Waals surface area contributed by atoms with Crippen molar-refractivity contribution in [3.63, 3.8) is 0 Å². The van der Waals surface area contributed by atoms with Gasteiger partial charge in [-0.3, -0.25) is 4.79 Å². The Labute approximate surface area is 121 Å². The second-order valence-electron chi connectivity index (χ2n) is 5.50. The maximum atomic E-state index is 12.4. The van der Waals surface area contributed by atoms with E-state index in [1.54, 1.807) is 11.8 Å². The smallest absolute Gasteiger partial charge is 0.332 e. The largest absolute Gasteiger partial charge is 0.464 e. The van der Waals surface area contributed by atoms with Crippen molar-refractivity contribution in [2.24, 2.45) is 5.73 Å². The lowest BCUT2D eigenvalue weighted by Gasteiger charge is -2.31. The molecule has 1 aliphatic carbocycles. The summed E-state index contributed by atoms with van der Waals surface area (Å²) in [6, 6.07) is -0.986. The number of carbonyl (C=O) groups is 2. The molecule has 1 rings (SSSR count). The first-order valence-corrected chi connectivity index (χ1v) is 7.34. The first kappa shape index (κ1) is 16.9. The van der Waals surface area contributed by atoms with E-state index in [0.717, 1.165) is 32.2 Å². The summed E-state index contributed by atoms with van der Waals surface area (Å²) in [7, 11) is 3.92. The second-order valence-corrected chi connectivity index (χ2v) is 5.50. The number of hydrogen-bond acceptors (Lipinski definition) is 5. The molecule has 0 saturated heterocycles. The van der Waals surface area contributed by atoms with Gasteiger partial charge in [-0.15, -0.1) is 0 Å². The van der Waals surface area contributed by atoms with Crippen LogP contribution in [-0.2, 0) is 14.3 Å². The number of likely N-dealkylation sites (N-methyl/N-ethyl adjacent to an activating group) is 1. The first-order chi connectivity index (χ1) is 9.47. The molecule has 0 aromatic rings. The molecule has 1 fully saturated rings. The molecule has 0 aliphatic heterocycles. The minimum Gasteiger partial charge on any atom is -0.464 e. The van der Waals surface area contributed by atoms with Gasteiger partial charge in [-0.25, -0.2) is 4.79 Å². The van der Waals surface area contributed by atoms with E-state index < -0.39 is 12.0 Å². The summed E-state index contributed by atoms with van der Waals surface area (Å²) in [5.41, 5.74) is 5.74. The lowest BCUT2D eigenvalue weighted by Crippen LogP contribution is -2.53. The standard InChI is InChI=1S/C14H27N3O3/c1-4-20-14(19)12(15)13(18)17(10-9-16(2)3)11-7-5-6-8-11/h11-12H,4-10,15H2,1-3H3. The molecule has 0 aromatic heterocycles. The Bertz CT molecular complexity index is 328. The van der Waals surface area contributed by atoms with E-state index >= 15 is 0 Å². The predicted molar refractivity (Wildman–Crippen MR) is 77.1 cm³/mol. The van der Waals surface area contributed by atoms with Crippen molar-refractivity contribution in [3.05, 3.63) is 0 Å². The van der Waals surface area contributed by atoms with Crippen molar-refractivity contribution in [1.82, 2.24) is 9.80 Å². The van der Waals surface area contributed by atoms with Crippen LogP contribution >= 0.6 is 0 Å². The fourth-order valence-corrected chi connectivity index (χ4v) is 2.51. The van der Waals surface area contributed by atoms with Crippen LogP contribution in [0.25, 0.3) is 0 Å². The Morgan fingerprint density at radius 1 is 1.25 bits per heavy atom. The highest BCUT2D eigenvalue weighted by Gasteiger charge is 2.33. The highest BCUT2D eigenvalue weighted by atomic mass is 16.5. The Kier molecular flexibility index (Phi) is 6.95. The Balaban J connectivity index is 2.69. The highest BCUT2D eigenvalue weighted by molar-refractivity contribution is 6.01. The highest BCUT2D eigenvalue weighted by Crippen LogP contribution is 2.23. The van der Waals surface area contributed by atoms with Crippen LogP contribution in [0.2, 0.25) is 0 Å². The van der Waals surface area contributed by atoms with E-state index in [1.165, 1.54) is 0 Å². The molecule has 116 valence electrons. The van der Waals surface area contributed by atoms with Gasteiger partial charge in [0.1, 0.15) is 0 Å².